The predicted octanol–water partition coefficient (Wildman–Crippen LogP) is 4.89. The van der Waals surface area contributed by atoms with E-state index in [0.717, 1.165) is 11.1 Å². The summed E-state index contributed by atoms with van der Waals surface area (Å²) in [7, 11) is 1.61. The van der Waals surface area contributed by atoms with Crippen LogP contribution in [0.3, 0.4) is 0 Å². The minimum Gasteiger partial charge on any atom is -0.478 e. The maximum Gasteiger partial charge on any atom is 0.335 e. The first-order valence-corrected chi connectivity index (χ1v) is 10.6. The Morgan fingerprint density at radius 2 is 1.67 bits per heavy atom. The van der Waals surface area contributed by atoms with Gasteiger partial charge in [0.1, 0.15) is 11.5 Å². The standard InChI is InChI=1S/C24H18N2O6S/c1-13-11-15(23(30)31)5-9-18(13)19-10-8-17(32-19)12-20-21(27)26(2)24(33-20)25-16-6-3-14(4-7-16)22(28)29/h3-12H,1-2H3,(H,28,29)(H,30,31)/b20-12-,25-24?. The second-order valence-corrected chi connectivity index (χ2v) is 8.27. The minimum atomic E-state index is -1.02. The average Bonchev–Trinajstić information content (AvgIpc) is 3.34. The number of carbonyl (C=O) groups is 3. The Kier molecular flexibility index (Phi) is 5.89. The molecular weight excluding hydrogens is 444 g/mol. The number of rotatable bonds is 5. The van der Waals surface area contributed by atoms with E-state index in [1.807, 2.05) is 0 Å². The summed E-state index contributed by atoms with van der Waals surface area (Å²) in [5.74, 6) is -1.21. The van der Waals surface area contributed by atoms with Gasteiger partial charge >= 0.3 is 11.9 Å². The van der Waals surface area contributed by atoms with Crippen molar-refractivity contribution in [3.05, 3.63) is 82.0 Å². The van der Waals surface area contributed by atoms with E-state index in [0.29, 0.717) is 27.3 Å². The lowest BCUT2D eigenvalue weighted by Crippen LogP contribution is -2.23. The van der Waals surface area contributed by atoms with Gasteiger partial charge in [-0.05, 0) is 72.8 Å². The van der Waals surface area contributed by atoms with Gasteiger partial charge in [-0.15, -0.1) is 0 Å². The number of furan rings is 1. The summed E-state index contributed by atoms with van der Waals surface area (Å²) in [5.41, 5.74) is 2.41. The number of aryl methyl sites for hydroxylation is 1. The van der Waals surface area contributed by atoms with Gasteiger partial charge in [-0.25, -0.2) is 14.6 Å². The van der Waals surface area contributed by atoms with E-state index in [9.17, 15) is 14.4 Å². The van der Waals surface area contributed by atoms with Crippen LogP contribution in [0.25, 0.3) is 17.4 Å². The second kappa shape index (κ2) is 8.79. The van der Waals surface area contributed by atoms with Gasteiger partial charge in [-0.2, -0.15) is 0 Å². The molecule has 1 amide bonds. The lowest BCUT2D eigenvalue weighted by atomic mass is 10.0. The van der Waals surface area contributed by atoms with E-state index in [-0.39, 0.29) is 17.0 Å². The molecule has 1 aliphatic rings. The number of thioether (sulfide) groups is 1. The van der Waals surface area contributed by atoms with Crippen molar-refractivity contribution >= 4 is 46.5 Å². The zero-order chi connectivity index (χ0) is 23.7. The third-order valence-corrected chi connectivity index (χ3v) is 6.04. The third-order valence-electron chi connectivity index (χ3n) is 4.98. The monoisotopic (exact) mass is 462 g/mol. The van der Waals surface area contributed by atoms with Gasteiger partial charge in [-0.3, -0.25) is 9.69 Å². The Labute approximate surface area is 192 Å². The lowest BCUT2D eigenvalue weighted by molar-refractivity contribution is -0.121. The highest BCUT2D eigenvalue weighted by Gasteiger charge is 2.30. The summed E-state index contributed by atoms with van der Waals surface area (Å²) in [6.07, 6.45) is 1.63. The highest BCUT2D eigenvalue weighted by atomic mass is 32.2. The molecule has 8 nitrogen and oxygen atoms in total. The molecule has 1 fully saturated rings. The van der Waals surface area contributed by atoms with Gasteiger partial charge in [-0.1, -0.05) is 6.07 Å². The van der Waals surface area contributed by atoms with Crippen LogP contribution in [-0.4, -0.2) is 45.2 Å². The van der Waals surface area contributed by atoms with Gasteiger partial charge in [0.2, 0.25) is 0 Å². The fourth-order valence-electron chi connectivity index (χ4n) is 3.22. The molecule has 1 saturated heterocycles. The molecule has 2 N–H and O–H groups in total. The van der Waals surface area contributed by atoms with Crippen LogP contribution >= 0.6 is 11.8 Å². The molecule has 9 heteroatoms. The number of aliphatic imine (C=N–C) groups is 1. The quantitative estimate of drug-likeness (QED) is 0.518. The fraction of sp³-hybridized carbons (Fsp3) is 0.0833. The van der Waals surface area contributed by atoms with Crippen LogP contribution in [0.15, 0.2) is 68.9 Å². The van der Waals surface area contributed by atoms with Gasteiger partial charge < -0.3 is 14.6 Å². The smallest absolute Gasteiger partial charge is 0.335 e. The van der Waals surface area contributed by atoms with E-state index >= 15 is 0 Å². The summed E-state index contributed by atoms with van der Waals surface area (Å²) >= 11 is 1.19. The normalized spacial score (nSPS) is 16.1. The van der Waals surface area contributed by atoms with E-state index in [1.165, 1.54) is 34.9 Å². The van der Waals surface area contributed by atoms with Crippen molar-refractivity contribution < 1.29 is 29.0 Å². The molecule has 0 radical (unpaired) electrons. The number of carbonyl (C=O) groups excluding carboxylic acids is 1. The number of carboxylic acids is 2. The molecule has 33 heavy (non-hydrogen) atoms. The summed E-state index contributed by atoms with van der Waals surface area (Å²) in [5, 5.41) is 18.6. The molecule has 2 heterocycles. The van der Waals surface area contributed by atoms with E-state index in [2.05, 4.69) is 4.99 Å². The molecule has 0 atom stereocenters. The summed E-state index contributed by atoms with van der Waals surface area (Å²) in [6, 6.07) is 14.4. The predicted molar refractivity (Wildman–Crippen MR) is 125 cm³/mol. The Hall–Kier alpha value is -4.11. The summed E-state index contributed by atoms with van der Waals surface area (Å²) in [4.78, 5) is 41.1. The Bertz CT molecular complexity index is 1340. The van der Waals surface area contributed by atoms with Gasteiger partial charge in [0.05, 0.1) is 21.7 Å². The molecule has 0 bridgehead atoms. The molecule has 1 aliphatic heterocycles. The van der Waals surface area contributed by atoms with Crippen molar-refractivity contribution in [3.8, 4) is 11.3 Å². The van der Waals surface area contributed by atoms with Gasteiger partial charge in [0.25, 0.3) is 5.91 Å². The number of hydrogen-bond donors (Lipinski definition) is 2. The average molecular weight is 462 g/mol. The highest BCUT2D eigenvalue weighted by Crippen LogP contribution is 2.34. The van der Waals surface area contributed by atoms with Crippen LogP contribution in [0.5, 0.6) is 0 Å². The minimum absolute atomic E-state index is 0.157. The largest absolute Gasteiger partial charge is 0.478 e. The number of likely N-dealkylation sites (N-methyl/N-ethyl adjacent to an activating group) is 1. The second-order valence-electron chi connectivity index (χ2n) is 7.26. The van der Waals surface area contributed by atoms with Gasteiger partial charge in [0, 0.05) is 18.7 Å². The molecule has 0 unspecified atom stereocenters. The number of benzene rings is 2. The number of hydrogen-bond acceptors (Lipinski definition) is 6. The number of amidine groups is 1. The van der Waals surface area contributed by atoms with Crippen molar-refractivity contribution in [2.45, 2.75) is 6.92 Å². The van der Waals surface area contributed by atoms with Crippen LogP contribution in [0, 0.1) is 6.92 Å². The van der Waals surface area contributed by atoms with E-state index in [1.54, 1.807) is 56.4 Å². The number of amides is 1. The maximum atomic E-state index is 12.7. The first-order chi connectivity index (χ1) is 15.7. The lowest BCUT2D eigenvalue weighted by Gasteiger charge is -2.07. The topological polar surface area (TPSA) is 120 Å². The molecule has 2 aromatic carbocycles. The summed E-state index contributed by atoms with van der Waals surface area (Å²) in [6.45, 7) is 1.81. The zero-order valence-corrected chi connectivity index (χ0v) is 18.4. The molecule has 1 aromatic heterocycles. The molecule has 3 aromatic rings. The maximum absolute atomic E-state index is 12.7. The van der Waals surface area contributed by atoms with E-state index < -0.39 is 11.9 Å². The van der Waals surface area contributed by atoms with Crippen molar-refractivity contribution in [3.63, 3.8) is 0 Å². The van der Waals surface area contributed by atoms with Crippen LogP contribution in [-0.2, 0) is 4.79 Å². The van der Waals surface area contributed by atoms with E-state index in [4.69, 9.17) is 14.6 Å². The Balaban J connectivity index is 1.56. The molecule has 4 rings (SSSR count). The first-order valence-electron chi connectivity index (χ1n) is 9.77. The Morgan fingerprint density at radius 3 is 2.30 bits per heavy atom. The SMILES string of the molecule is Cc1cc(C(=O)O)ccc1-c1ccc(/C=C2\SC(=Nc3ccc(C(=O)O)cc3)N(C)C2=O)o1. The first kappa shape index (κ1) is 22.1. The van der Waals surface area contributed by atoms with Crippen LogP contribution in [0.2, 0.25) is 0 Å². The Morgan fingerprint density at radius 1 is 1.00 bits per heavy atom. The number of aromatic carboxylic acids is 2. The van der Waals surface area contributed by atoms with Crippen molar-refractivity contribution in [1.82, 2.24) is 4.90 Å². The van der Waals surface area contributed by atoms with Crippen molar-refractivity contribution in [1.29, 1.82) is 0 Å². The van der Waals surface area contributed by atoms with Crippen LogP contribution in [0.1, 0.15) is 32.0 Å². The molecule has 0 saturated carbocycles. The molecular formula is C24H18N2O6S. The van der Waals surface area contributed by atoms with Crippen molar-refractivity contribution in [2.24, 2.45) is 4.99 Å². The third kappa shape index (κ3) is 4.58. The molecule has 166 valence electrons. The zero-order valence-electron chi connectivity index (χ0n) is 17.6. The summed E-state index contributed by atoms with van der Waals surface area (Å²) < 4.78 is 5.88. The number of carboxylic acid groups (broad SMARTS) is 2. The number of nitrogens with zero attached hydrogens (tertiary/aromatic N) is 2. The fourth-order valence-corrected chi connectivity index (χ4v) is 4.19. The van der Waals surface area contributed by atoms with Crippen LogP contribution in [0.4, 0.5) is 5.69 Å². The molecule has 0 spiro atoms. The molecule has 0 aliphatic carbocycles. The van der Waals surface area contributed by atoms with Crippen molar-refractivity contribution in [2.75, 3.05) is 7.05 Å². The highest BCUT2D eigenvalue weighted by molar-refractivity contribution is 8.18. The van der Waals surface area contributed by atoms with Crippen LogP contribution < -0.4 is 0 Å². The van der Waals surface area contributed by atoms with Gasteiger partial charge in [0.15, 0.2) is 5.17 Å².